The van der Waals surface area contributed by atoms with Gasteiger partial charge in [-0.05, 0) is 40.6 Å². The zero-order valence-electron chi connectivity index (χ0n) is 16.8. The van der Waals surface area contributed by atoms with E-state index in [0.717, 1.165) is 28.6 Å². The molecule has 0 spiro atoms. The van der Waals surface area contributed by atoms with Gasteiger partial charge in [0.05, 0.1) is 11.5 Å². The van der Waals surface area contributed by atoms with Crippen LogP contribution in [0.3, 0.4) is 0 Å². The second kappa shape index (κ2) is 9.14. The van der Waals surface area contributed by atoms with E-state index in [0.29, 0.717) is 31.1 Å². The van der Waals surface area contributed by atoms with Crippen LogP contribution in [0.15, 0.2) is 71.6 Å². The van der Waals surface area contributed by atoms with Crippen molar-refractivity contribution in [1.82, 2.24) is 9.21 Å². The number of piperazine rings is 1. The molecule has 1 heterocycles. The molecule has 7 heteroatoms. The largest absolute Gasteiger partial charge is 0.491 e. The second-order valence-electron chi connectivity index (χ2n) is 7.41. The molecule has 0 bridgehead atoms. The van der Waals surface area contributed by atoms with E-state index in [2.05, 4.69) is 4.90 Å². The van der Waals surface area contributed by atoms with E-state index < -0.39 is 10.0 Å². The predicted molar refractivity (Wildman–Crippen MR) is 117 cm³/mol. The van der Waals surface area contributed by atoms with Crippen LogP contribution in [0.1, 0.15) is 5.56 Å². The molecule has 1 aliphatic rings. The Kier molecular flexibility index (Phi) is 6.34. The Hall–Kier alpha value is -2.45. The molecule has 0 atom stereocenters. The van der Waals surface area contributed by atoms with E-state index in [1.807, 2.05) is 54.6 Å². The van der Waals surface area contributed by atoms with Crippen LogP contribution in [0.2, 0.25) is 0 Å². The van der Waals surface area contributed by atoms with Gasteiger partial charge in [0, 0.05) is 32.7 Å². The van der Waals surface area contributed by atoms with E-state index in [-0.39, 0.29) is 13.2 Å². The lowest BCUT2D eigenvalue weighted by molar-refractivity contribution is 0.181. The van der Waals surface area contributed by atoms with Crippen LogP contribution in [0, 0.1) is 0 Å². The average molecular weight is 427 g/mol. The van der Waals surface area contributed by atoms with E-state index in [1.54, 1.807) is 16.4 Å². The number of fused-ring (bicyclic) bond motifs is 1. The number of nitrogens with zero attached hydrogens (tertiary/aromatic N) is 2. The molecule has 1 N–H and O–H groups in total. The van der Waals surface area contributed by atoms with Crippen LogP contribution in [-0.4, -0.2) is 62.1 Å². The van der Waals surface area contributed by atoms with Gasteiger partial charge in [0.1, 0.15) is 12.4 Å². The summed E-state index contributed by atoms with van der Waals surface area (Å²) in [6, 6.07) is 20.9. The molecule has 4 rings (SSSR count). The third kappa shape index (κ3) is 4.65. The first-order valence-corrected chi connectivity index (χ1v) is 11.5. The maximum Gasteiger partial charge on any atom is 0.243 e. The molecule has 0 amide bonds. The van der Waals surface area contributed by atoms with Gasteiger partial charge in [-0.1, -0.05) is 42.5 Å². The molecule has 1 aliphatic heterocycles. The van der Waals surface area contributed by atoms with Crippen molar-refractivity contribution in [1.29, 1.82) is 0 Å². The summed E-state index contributed by atoms with van der Waals surface area (Å²) < 4.78 is 33.3. The van der Waals surface area contributed by atoms with Gasteiger partial charge in [0.2, 0.25) is 10.0 Å². The SMILES string of the molecule is O=S(=O)(c1ccc2ccccc2c1)N1CCN(Cc2cccc(OCCO)c2)CC1. The van der Waals surface area contributed by atoms with E-state index in [1.165, 1.54) is 0 Å². The van der Waals surface area contributed by atoms with Crippen molar-refractivity contribution >= 4 is 20.8 Å². The van der Waals surface area contributed by atoms with Gasteiger partial charge in [-0.2, -0.15) is 4.31 Å². The predicted octanol–water partition coefficient (Wildman–Crippen LogP) is 2.72. The Morgan fingerprint density at radius 1 is 0.867 bits per heavy atom. The average Bonchev–Trinajstić information content (AvgIpc) is 2.78. The third-order valence-electron chi connectivity index (χ3n) is 5.35. The smallest absolute Gasteiger partial charge is 0.243 e. The summed E-state index contributed by atoms with van der Waals surface area (Å²) in [5.74, 6) is 0.735. The monoisotopic (exact) mass is 426 g/mol. The molecular weight excluding hydrogens is 400 g/mol. The summed E-state index contributed by atoms with van der Waals surface area (Å²) in [4.78, 5) is 2.60. The first-order chi connectivity index (χ1) is 14.6. The summed E-state index contributed by atoms with van der Waals surface area (Å²) in [6.07, 6.45) is 0. The summed E-state index contributed by atoms with van der Waals surface area (Å²) in [5.41, 5.74) is 1.11. The first kappa shape index (κ1) is 20.8. The summed E-state index contributed by atoms with van der Waals surface area (Å²) in [6.45, 7) is 3.28. The fourth-order valence-corrected chi connectivity index (χ4v) is 5.22. The highest BCUT2D eigenvalue weighted by molar-refractivity contribution is 7.89. The number of benzene rings is 3. The molecule has 1 fully saturated rings. The Balaban J connectivity index is 1.40. The van der Waals surface area contributed by atoms with Gasteiger partial charge in [-0.3, -0.25) is 4.90 Å². The maximum atomic E-state index is 13.1. The summed E-state index contributed by atoms with van der Waals surface area (Å²) >= 11 is 0. The molecule has 3 aromatic rings. The fourth-order valence-electron chi connectivity index (χ4n) is 3.76. The highest BCUT2D eigenvalue weighted by Crippen LogP contribution is 2.23. The van der Waals surface area contributed by atoms with Crippen LogP contribution in [0.25, 0.3) is 10.8 Å². The number of ether oxygens (including phenoxy) is 1. The van der Waals surface area contributed by atoms with Crippen molar-refractivity contribution in [2.75, 3.05) is 39.4 Å². The van der Waals surface area contributed by atoms with Gasteiger partial charge < -0.3 is 9.84 Å². The number of aliphatic hydroxyl groups is 1. The number of rotatable bonds is 7. The van der Waals surface area contributed by atoms with Gasteiger partial charge in [0.25, 0.3) is 0 Å². The summed E-state index contributed by atoms with van der Waals surface area (Å²) in [7, 11) is -3.50. The molecule has 0 radical (unpaired) electrons. The lowest BCUT2D eigenvalue weighted by Crippen LogP contribution is -2.48. The minimum atomic E-state index is -3.50. The van der Waals surface area contributed by atoms with Crippen LogP contribution in [-0.2, 0) is 16.6 Å². The van der Waals surface area contributed by atoms with Crippen molar-refractivity contribution in [3.63, 3.8) is 0 Å². The lowest BCUT2D eigenvalue weighted by Gasteiger charge is -2.34. The van der Waals surface area contributed by atoms with Crippen LogP contribution in [0.5, 0.6) is 5.75 Å². The minimum absolute atomic E-state index is 0.0160. The highest BCUT2D eigenvalue weighted by atomic mass is 32.2. The lowest BCUT2D eigenvalue weighted by atomic mass is 10.1. The maximum absolute atomic E-state index is 13.1. The third-order valence-corrected chi connectivity index (χ3v) is 7.25. The second-order valence-corrected chi connectivity index (χ2v) is 9.35. The number of hydrogen-bond donors (Lipinski definition) is 1. The van der Waals surface area contributed by atoms with Crippen molar-refractivity contribution < 1.29 is 18.3 Å². The van der Waals surface area contributed by atoms with Crippen molar-refractivity contribution in [3.8, 4) is 5.75 Å². The molecule has 0 aliphatic carbocycles. The zero-order chi connectivity index (χ0) is 21.0. The Bertz CT molecular complexity index is 1110. The highest BCUT2D eigenvalue weighted by Gasteiger charge is 2.28. The van der Waals surface area contributed by atoms with Gasteiger partial charge in [-0.25, -0.2) is 8.42 Å². The molecule has 1 saturated heterocycles. The van der Waals surface area contributed by atoms with Crippen molar-refractivity contribution in [2.45, 2.75) is 11.4 Å². The van der Waals surface area contributed by atoms with Gasteiger partial charge >= 0.3 is 0 Å². The van der Waals surface area contributed by atoms with E-state index in [4.69, 9.17) is 9.84 Å². The van der Waals surface area contributed by atoms with Crippen molar-refractivity contribution in [3.05, 3.63) is 72.3 Å². The van der Waals surface area contributed by atoms with E-state index in [9.17, 15) is 8.42 Å². The first-order valence-electron chi connectivity index (χ1n) is 10.1. The van der Waals surface area contributed by atoms with Crippen LogP contribution in [0.4, 0.5) is 0 Å². The molecule has 0 aromatic heterocycles. The Morgan fingerprint density at radius 2 is 1.63 bits per heavy atom. The van der Waals surface area contributed by atoms with Crippen molar-refractivity contribution in [2.24, 2.45) is 0 Å². The molecule has 0 unspecified atom stereocenters. The fraction of sp³-hybridized carbons (Fsp3) is 0.304. The topological polar surface area (TPSA) is 70.1 Å². The van der Waals surface area contributed by atoms with Gasteiger partial charge in [-0.15, -0.1) is 0 Å². The molecule has 30 heavy (non-hydrogen) atoms. The quantitative estimate of drug-likeness (QED) is 0.629. The number of hydrogen-bond acceptors (Lipinski definition) is 5. The Labute approximate surface area is 177 Å². The van der Waals surface area contributed by atoms with Gasteiger partial charge in [0.15, 0.2) is 0 Å². The standard InChI is InChI=1S/C23H26N2O4S/c26-14-15-29-22-7-3-4-19(16-22)18-24-10-12-25(13-11-24)30(27,28)23-9-8-20-5-1-2-6-21(20)17-23/h1-9,16-17,26H,10-15,18H2. The number of sulfonamides is 1. The molecule has 3 aromatic carbocycles. The molecule has 158 valence electrons. The molecule has 0 saturated carbocycles. The Morgan fingerprint density at radius 3 is 2.40 bits per heavy atom. The zero-order valence-corrected chi connectivity index (χ0v) is 17.6. The number of aliphatic hydroxyl groups excluding tert-OH is 1. The molecule has 6 nitrogen and oxygen atoms in total. The van der Waals surface area contributed by atoms with Crippen LogP contribution < -0.4 is 4.74 Å². The van der Waals surface area contributed by atoms with E-state index >= 15 is 0 Å². The molecular formula is C23H26N2O4S. The summed E-state index contributed by atoms with van der Waals surface area (Å²) in [5, 5.41) is 10.9. The normalized spacial score (nSPS) is 16.0. The minimum Gasteiger partial charge on any atom is -0.491 e. The van der Waals surface area contributed by atoms with Crippen LogP contribution >= 0.6 is 0 Å².